The normalized spacial score (nSPS) is 12.2. The molecule has 0 atom stereocenters. The number of anilines is 1. The molecule has 0 radical (unpaired) electrons. The molecule has 3 aromatic rings. The molecule has 0 saturated heterocycles. The lowest BCUT2D eigenvalue weighted by Crippen LogP contribution is -2.30. The van der Waals surface area contributed by atoms with Gasteiger partial charge in [0.2, 0.25) is 6.79 Å². The monoisotopic (exact) mass is 372 g/mol. The van der Waals surface area contributed by atoms with E-state index >= 15 is 0 Å². The summed E-state index contributed by atoms with van der Waals surface area (Å²) in [4.78, 5) is 15.8. The molecule has 1 aliphatic heterocycles. The Morgan fingerprint density at radius 1 is 1.08 bits per heavy atom. The van der Waals surface area contributed by atoms with Gasteiger partial charge in [-0.3, -0.25) is 0 Å². The number of thiophene rings is 2. The van der Waals surface area contributed by atoms with E-state index in [4.69, 9.17) is 9.47 Å². The fourth-order valence-electron chi connectivity index (χ4n) is 2.51. The standard InChI is InChI=1S/C18H16N2O3S2/c21-18(20-12-3-5-14-15(10-12)23-11-22-14)19-8-7-13-4-6-17(25-13)16-2-1-9-24-16/h1-6,9-10H,7-8,11H2,(H2,19,20,21). The van der Waals surface area contributed by atoms with Gasteiger partial charge in [0.05, 0.1) is 0 Å². The Balaban J connectivity index is 1.26. The number of fused-ring (bicyclic) bond motifs is 1. The molecule has 128 valence electrons. The van der Waals surface area contributed by atoms with Gasteiger partial charge in [-0.25, -0.2) is 4.79 Å². The topological polar surface area (TPSA) is 59.6 Å². The van der Waals surface area contributed by atoms with E-state index in [1.165, 1.54) is 14.6 Å². The predicted molar refractivity (Wildman–Crippen MR) is 101 cm³/mol. The molecule has 0 spiro atoms. The van der Waals surface area contributed by atoms with Gasteiger partial charge in [0.15, 0.2) is 11.5 Å². The van der Waals surface area contributed by atoms with Crippen LogP contribution in [-0.2, 0) is 6.42 Å². The highest BCUT2D eigenvalue weighted by Crippen LogP contribution is 2.34. The Bertz CT molecular complexity index is 874. The maximum absolute atomic E-state index is 12.0. The van der Waals surface area contributed by atoms with Gasteiger partial charge in [-0.1, -0.05) is 6.07 Å². The molecule has 0 saturated carbocycles. The minimum atomic E-state index is -0.228. The van der Waals surface area contributed by atoms with Crippen molar-refractivity contribution in [3.05, 3.63) is 52.7 Å². The Morgan fingerprint density at radius 2 is 2.00 bits per heavy atom. The number of hydrogen-bond acceptors (Lipinski definition) is 5. The third-order valence-corrected chi connectivity index (χ3v) is 5.92. The first-order valence-corrected chi connectivity index (χ1v) is 9.55. The second-order valence-electron chi connectivity index (χ2n) is 5.44. The summed E-state index contributed by atoms with van der Waals surface area (Å²) in [6.45, 7) is 0.806. The maximum Gasteiger partial charge on any atom is 0.319 e. The minimum Gasteiger partial charge on any atom is -0.454 e. The van der Waals surface area contributed by atoms with E-state index < -0.39 is 0 Å². The predicted octanol–water partition coefficient (Wildman–Crippen LogP) is 4.57. The van der Waals surface area contributed by atoms with Crippen molar-refractivity contribution in [1.29, 1.82) is 0 Å². The number of benzene rings is 1. The molecular weight excluding hydrogens is 356 g/mol. The van der Waals surface area contributed by atoms with Crippen molar-refractivity contribution in [3.8, 4) is 21.3 Å². The first-order chi connectivity index (χ1) is 12.3. The van der Waals surface area contributed by atoms with E-state index in [1.54, 1.807) is 40.9 Å². The van der Waals surface area contributed by atoms with Gasteiger partial charge in [-0.2, -0.15) is 0 Å². The zero-order valence-electron chi connectivity index (χ0n) is 13.3. The molecule has 1 aromatic carbocycles. The van der Waals surface area contributed by atoms with Crippen molar-refractivity contribution >= 4 is 34.4 Å². The van der Waals surface area contributed by atoms with Gasteiger partial charge in [-0.05, 0) is 42.1 Å². The molecule has 2 aromatic heterocycles. The molecule has 5 nitrogen and oxygen atoms in total. The van der Waals surface area contributed by atoms with Gasteiger partial charge in [-0.15, -0.1) is 22.7 Å². The van der Waals surface area contributed by atoms with Gasteiger partial charge in [0.1, 0.15) is 0 Å². The molecule has 7 heteroatoms. The van der Waals surface area contributed by atoms with Crippen molar-refractivity contribution in [1.82, 2.24) is 5.32 Å². The highest BCUT2D eigenvalue weighted by atomic mass is 32.1. The molecule has 25 heavy (non-hydrogen) atoms. The van der Waals surface area contributed by atoms with Crippen LogP contribution in [-0.4, -0.2) is 19.4 Å². The van der Waals surface area contributed by atoms with Crippen molar-refractivity contribution in [2.24, 2.45) is 0 Å². The Hall–Kier alpha value is -2.51. The highest BCUT2D eigenvalue weighted by molar-refractivity contribution is 7.21. The van der Waals surface area contributed by atoms with E-state index in [0.29, 0.717) is 23.7 Å². The zero-order valence-corrected chi connectivity index (χ0v) is 14.9. The molecule has 0 unspecified atom stereocenters. The highest BCUT2D eigenvalue weighted by Gasteiger charge is 2.14. The van der Waals surface area contributed by atoms with E-state index in [0.717, 1.165) is 6.42 Å². The molecule has 2 N–H and O–H groups in total. The molecule has 4 rings (SSSR count). The molecule has 3 heterocycles. The van der Waals surface area contributed by atoms with Crippen molar-refractivity contribution in [2.45, 2.75) is 6.42 Å². The summed E-state index contributed by atoms with van der Waals surface area (Å²) >= 11 is 3.51. The van der Waals surface area contributed by atoms with Crippen LogP contribution in [0.15, 0.2) is 47.8 Å². The van der Waals surface area contributed by atoms with E-state index in [1.807, 2.05) is 0 Å². The molecular formula is C18H16N2O3S2. The zero-order chi connectivity index (χ0) is 17.1. The summed E-state index contributed by atoms with van der Waals surface area (Å²) in [5, 5.41) is 7.76. The number of urea groups is 1. The fraction of sp³-hybridized carbons (Fsp3) is 0.167. The summed E-state index contributed by atoms with van der Waals surface area (Å²) in [5.41, 5.74) is 0.679. The van der Waals surface area contributed by atoms with Gasteiger partial charge >= 0.3 is 6.03 Å². The van der Waals surface area contributed by atoms with E-state index in [-0.39, 0.29) is 12.8 Å². The SMILES string of the molecule is O=C(NCCc1ccc(-c2cccs2)s1)Nc1ccc2c(c1)OCO2. The van der Waals surface area contributed by atoms with Gasteiger partial charge < -0.3 is 20.1 Å². The number of carbonyl (C=O) groups is 1. The molecule has 2 amide bonds. The molecule has 1 aliphatic rings. The lowest BCUT2D eigenvalue weighted by Gasteiger charge is -2.07. The Labute approximate surface area is 153 Å². The number of hydrogen-bond donors (Lipinski definition) is 2. The summed E-state index contributed by atoms with van der Waals surface area (Å²) in [5.74, 6) is 1.35. The Kier molecular flexibility index (Phi) is 4.58. The summed E-state index contributed by atoms with van der Waals surface area (Å²) < 4.78 is 10.6. The first-order valence-electron chi connectivity index (χ1n) is 7.85. The average molecular weight is 372 g/mol. The number of carbonyl (C=O) groups excluding carboxylic acids is 1. The third-order valence-electron chi connectivity index (χ3n) is 3.71. The first kappa shape index (κ1) is 16.0. The lowest BCUT2D eigenvalue weighted by atomic mass is 10.3. The van der Waals surface area contributed by atoms with Crippen molar-refractivity contribution in [2.75, 3.05) is 18.7 Å². The minimum absolute atomic E-state index is 0.221. The van der Waals surface area contributed by atoms with Crippen LogP contribution in [0.25, 0.3) is 9.75 Å². The average Bonchev–Trinajstić information content (AvgIpc) is 3.35. The van der Waals surface area contributed by atoms with Crippen LogP contribution in [0.5, 0.6) is 11.5 Å². The second-order valence-corrected chi connectivity index (χ2v) is 7.56. The number of rotatable bonds is 5. The fourth-order valence-corrected chi connectivity index (χ4v) is 4.35. The third kappa shape index (κ3) is 3.78. The second kappa shape index (κ2) is 7.16. The number of ether oxygens (including phenoxy) is 2. The smallest absolute Gasteiger partial charge is 0.319 e. The number of nitrogens with one attached hydrogen (secondary N) is 2. The summed E-state index contributed by atoms with van der Waals surface area (Å²) in [6.07, 6.45) is 0.810. The Morgan fingerprint density at radius 3 is 2.88 bits per heavy atom. The summed E-state index contributed by atoms with van der Waals surface area (Å²) in [7, 11) is 0. The van der Waals surface area contributed by atoms with Gasteiger partial charge in [0, 0.05) is 32.9 Å². The number of amides is 2. The molecule has 0 fully saturated rings. The van der Waals surface area contributed by atoms with Crippen LogP contribution in [0, 0.1) is 0 Å². The summed E-state index contributed by atoms with van der Waals surface area (Å²) in [6, 6.07) is 13.5. The molecule has 0 aliphatic carbocycles. The van der Waals surface area contributed by atoms with Crippen molar-refractivity contribution in [3.63, 3.8) is 0 Å². The van der Waals surface area contributed by atoms with Crippen LogP contribution in [0.2, 0.25) is 0 Å². The maximum atomic E-state index is 12.0. The van der Waals surface area contributed by atoms with Crippen LogP contribution < -0.4 is 20.1 Å². The largest absolute Gasteiger partial charge is 0.454 e. The van der Waals surface area contributed by atoms with Crippen molar-refractivity contribution < 1.29 is 14.3 Å². The quantitative estimate of drug-likeness (QED) is 0.690. The van der Waals surface area contributed by atoms with Crippen LogP contribution in [0.3, 0.4) is 0 Å². The van der Waals surface area contributed by atoms with Gasteiger partial charge in [0.25, 0.3) is 0 Å². The van der Waals surface area contributed by atoms with E-state index in [2.05, 4.69) is 40.3 Å². The van der Waals surface area contributed by atoms with Crippen LogP contribution in [0.1, 0.15) is 4.88 Å². The van der Waals surface area contributed by atoms with Crippen LogP contribution >= 0.6 is 22.7 Å². The van der Waals surface area contributed by atoms with E-state index in [9.17, 15) is 4.79 Å². The molecule has 0 bridgehead atoms. The lowest BCUT2D eigenvalue weighted by molar-refractivity contribution is 0.174. The van der Waals surface area contributed by atoms with Crippen LogP contribution in [0.4, 0.5) is 10.5 Å².